The molecular weight excluding hydrogens is 180 g/mol. The maximum atomic E-state index is 6.08. The molecule has 0 unspecified atom stereocenters. The van der Waals surface area contributed by atoms with Crippen LogP contribution in [-0.4, -0.2) is 4.98 Å². The minimum Gasteiger partial charge on any atom is -0.321 e. The summed E-state index contributed by atoms with van der Waals surface area (Å²) in [5.74, 6) is 0.687. The zero-order valence-electron chi connectivity index (χ0n) is 8.21. The highest BCUT2D eigenvalue weighted by molar-refractivity contribution is 7.11. The lowest BCUT2D eigenvalue weighted by Gasteiger charge is -2.02. The van der Waals surface area contributed by atoms with E-state index in [1.807, 2.05) is 6.20 Å². The summed E-state index contributed by atoms with van der Waals surface area (Å²) in [5, 5.41) is 1.24. The lowest BCUT2D eigenvalue weighted by molar-refractivity contribution is 0.644. The van der Waals surface area contributed by atoms with Crippen molar-refractivity contribution in [3.63, 3.8) is 0 Å². The van der Waals surface area contributed by atoms with E-state index in [0.29, 0.717) is 5.92 Å². The topological polar surface area (TPSA) is 38.9 Å². The van der Waals surface area contributed by atoms with Gasteiger partial charge in [-0.15, -0.1) is 11.3 Å². The summed E-state index contributed by atoms with van der Waals surface area (Å²) >= 11 is 1.79. The minimum absolute atomic E-state index is 0.00684. The normalized spacial score (nSPS) is 19.4. The van der Waals surface area contributed by atoms with Crippen LogP contribution in [0, 0.1) is 5.92 Å². The summed E-state index contributed by atoms with van der Waals surface area (Å²) in [7, 11) is 0. The summed E-state index contributed by atoms with van der Waals surface area (Å²) < 4.78 is 0. The zero-order chi connectivity index (χ0) is 9.47. The van der Waals surface area contributed by atoms with Gasteiger partial charge < -0.3 is 5.73 Å². The molecule has 0 spiro atoms. The summed E-state index contributed by atoms with van der Waals surface area (Å²) in [6, 6.07) is 0. The van der Waals surface area contributed by atoms with Crippen molar-refractivity contribution in [2.75, 3.05) is 0 Å². The van der Waals surface area contributed by atoms with E-state index in [4.69, 9.17) is 5.73 Å². The Morgan fingerprint density at radius 3 is 2.85 bits per heavy atom. The third-order valence-corrected chi connectivity index (χ3v) is 3.66. The van der Waals surface area contributed by atoms with Crippen LogP contribution in [0.2, 0.25) is 0 Å². The third-order valence-electron chi connectivity index (χ3n) is 2.42. The van der Waals surface area contributed by atoms with Crippen molar-refractivity contribution in [2.24, 2.45) is 11.7 Å². The highest BCUT2D eigenvalue weighted by atomic mass is 32.1. The van der Waals surface area contributed by atoms with Crippen LogP contribution < -0.4 is 5.73 Å². The Hall–Kier alpha value is -0.410. The Labute approximate surface area is 83.2 Å². The average Bonchev–Trinajstić information content (AvgIpc) is 2.62. The smallest absolute Gasteiger partial charge is 0.0930 e. The second-order valence-corrected chi connectivity index (χ2v) is 5.49. The lowest BCUT2D eigenvalue weighted by Crippen LogP contribution is -2.16. The van der Waals surface area contributed by atoms with Crippen molar-refractivity contribution in [3.8, 4) is 0 Å². The third kappa shape index (κ3) is 1.92. The molecule has 0 atom stereocenters. The van der Waals surface area contributed by atoms with Crippen LogP contribution in [0.3, 0.4) is 0 Å². The molecule has 1 fully saturated rings. The van der Waals surface area contributed by atoms with Crippen LogP contribution in [0.1, 0.15) is 36.6 Å². The van der Waals surface area contributed by atoms with E-state index in [0.717, 1.165) is 19.3 Å². The van der Waals surface area contributed by atoms with Crippen LogP contribution >= 0.6 is 11.3 Å². The van der Waals surface area contributed by atoms with Crippen molar-refractivity contribution in [1.82, 2.24) is 4.98 Å². The van der Waals surface area contributed by atoms with Gasteiger partial charge >= 0.3 is 0 Å². The Morgan fingerprint density at radius 1 is 1.62 bits per heavy atom. The van der Waals surface area contributed by atoms with Gasteiger partial charge in [0.15, 0.2) is 0 Å². The summed E-state index contributed by atoms with van der Waals surface area (Å²) in [6.07, 6.45) is 5.32. The van der Waals surface area contributed by atoms with E-state index in [9.17, 15) is 0 Å². The monoisotopic (exact) mass is 196 g/mol. The number of aromatic nitrogens is 1. The highest BCUT2D eigenvalue weighted by Gasteiger charge is 2.41. The van der Waals surface area contributed by atoms with Gasteiger partial charge in [0.25, 0.3) is 0 Å². The molecule has 0 amide bonds. The molecule has 1 aliphatic carbocycles. The van der Waals surface area contributed by atoms with Crippen LogP contribution in [0.5, 0.6) is 0 Å². The van der Waals surface area contributed by atoms with Gasteiger partial charge in [-0.2, -0.15) is 0 Å². The molecule has 2 N–H and O–H groups in total. The molecule has 1 aromatic rings. The highest BCUT2D eigenvalue weighted by Crippen LogP contribution is 2.44. The standard InChI is InChI=1S/C10H16N2S/c1-7(2)5-9-12-6-8(13-9)10(11)3-4-10/h6-7H,3-5,11H2,1-2H3. The van der Waals surface area contributed by atoms with Gasteiger partial charge in [-0.1, -0.05) is 13.8 Å². The van der Waals surface area contributed by atoms with Crippen LogP contribution in [0.4, 0.5) is 0 Å². The molecule has 1 heterocycles. The Kier molecular flexibility index (Phi) is 2.16. The van der Waals surface area contributed by atoms with E-state index in [1.165, 1.54) is 9.88 Å². The fraction of sp³-hybridized carbons (Fsp3) is 0.700. The van der Waals surface area contributed by atoms with Crippen molar-refractivity contribution in [2.45, 2.75) is 38.6 Å². The molecular formula is C10H16N2S. The van der Waals surface area contributed by atoms with Gasteiger partial charge in [0, 0.05) is 17.5 Å². The predicted molar refractivity (Wildman–Crippen MR) is 55.8 cm³/mol. The molecule has 3 heteroatoms. The van der Waals surface area contributed by atoms with Gasteiger partial charge in [0.1, 0.15) is 0 Å². The molecule has 72 valence electrons. The molecule has 2 rings (SSSR count). The Balaban J connectivity index is 2.09. The quantitative estimate of drug-likeness (QED) is 0.805. The molecule has 1 aromatic heterocycles. The molecule has 0 aliphatic heterocycles. The number of nitrogens with zero attached hydrogens (tertiary/aromatic N) is 1. The van der Waals surface area contributed by atoms with Crippen LogP contribution in [-0.2, 0) is 12.0 Å². The van der Waals surface area contributed by atoms with Crippen molar-refractivity contribution < 1.29 is 0 Å². The van der Waals surface area contributed by atoms with E-state index >= 15 is 0 Å². The first-order valence-electron chi connectivity index (χ1n) is 4.84. The predicted octanol–water partition coefficient (Wildman–Crippen LogP) is 2.29. The molecule has 0 aromatic carbocycles. The fourth-order valence-electron chi connectivity index (χ4n) is 1.37. The SMILES string of the molecule is CC(C)Cc1ncc(C2(N)CC2)s1. The molecule has 2 nitrogen and oxygen atoms in total. The molecule has 0 bridgehead atoms. The Morgan fingerprint density at radius 2 is 2.31 bits per heavy atom. The van der Waals surface area contributed by atoms with Crippen molar-refractivity contribution in [3.05, 3.63) is 16.1 Å². The van der Waals surface area contributed by atoms with Gasteiger partial charge in [-0.3, -0.25) is 0 Å². The molecule has 0 saturated heterocycles. The van der Waals surface area contributed by atoms with Gasteiger partial charge in [-0.25, -0.2) is 4.98 Å². The number of rotatable bonds is 3. The maximum Gasteiger partial charge on any atom is 0.0930 e. The number of nitrogens with two attached hydrogens (primary N) is 1. The zero-order valence-corrected chi connectivity index (χ0v) is 9.03. The molecule has 1 saturated carbocycles. The Bertz CT molecular complexity index is 300. The van der Waals surface area contributed by atoms with E-state index in [1.54, 1.807) is 11.3 Å². The second-order valence-electron chi connectivity index (χ2n) is 4.37. The largest absolute Gasteiger partial charge is 0.321 e. The average molecular weight is 196 g/mol. The minimum atomic E-state index is 0.00684. The van der Waals surface area contributed by atoms with E-state index in [-0.39, 0.29) is 5.54 Å². The van der Waals surface area contributed by atoms with Gasteiger partial charge in [-0.05, 0) is 18.8 Å². The number of thiazole rings is 1. The molecule has 13 heavy (non-hydrogen) atoms. The van der Waals surface area contributed by atoms with Crippen molar-refractivity contribution in [1.29, 1.82) is 0 Å². The second kappa shape index (κ2) is 3.07. The fourth-order valence-corrected chi connectivity index (χ4v) is 2.65. The van der Waals surface area contributed by atoms with Gasteiger partial charge in [0.2, 0.25) is 0 Å². The van der Waals surface area contributed by atoms with E-state index < -0.39 is 0 Å². The summed E-state index contributed by atoms with van der Waals surface area (Å²) in [6.45, 7) is 4.44. The lowest BCUT2D eigenvalue weighted by atomic mass is 10.1. The maximum absolute atomic E-state index is 6.08. The number of hydrogen-bond acceptors (Lipinski definition) is 3. The van der Waals surface area contributed by atoms with E-state index in [2.05, 4.69) is 18.8 Å². The first kappa shape index (κ1) is 9.16. The summed E-state index contributed by atoms with van der Waals surface area (Å²) in [5.41, 5.74) is 6.09. The first-order valence-corrected chi connectivity index (χ1v) is 5.66. The van der Waals surface area contributed by atoms with Crippen LogP contribution in [0.15, 0.2) is 6.20 Å². The number of hydrogen-bond donors (Lipinski definition) is 1. The molecule has 0 radical (unpaired) electrons. The first-order chi connectivity index (χ1) is 6.10. The van der Waals surface area contributed by atoms with Gasteiger partial charge in [0.05, 0.1) is 10.5 Å². The summed E-state index contributed by atoms with van der Waals surface area (Å²) in [4.78, 5) is 5.68. The molecule has 1 aliphatic rings. The van der Waals surface area contributed by atoms with Crippen molar-refractivity contribution >= 4 is 11.3 Å². The van der Waals surface area contributed by atoms with Crippen LogP contribution in [0.25, 0.3) is 0 Å².